The maximum absolute atomic E-state index is 13.1. The van der Waals surface area contributed by atoms with E-state index in [-0.39, 0.29) is 36.0 Å². The highest BCUT2D eigenvalue weighted by Crippen LogP contribution is 2.29. The van der Waals surface area contributed by atoms with Crippen LogP contribution in [-0.4, -0.2) is 56.0 Å². The van der Waals surface area contributed by atoms with Gasteiger partial charge in [0.2, 0.25) is 5.91 Å². The van der Waals surface area contributed by atoms with Crippen molar-refractivity contribution >= 4 is 21.4 Å². The molecule has 1 aliphatic carbocycles. The lowest BCUT2D eigenvalue weighted by Crippen LogP contribution is -2.50. The average Bonchev–Trinajstić information content (AvgIpc) is 3.02. The topological polar surface area (TPSA) is 75.7 Å². The number of anilines is 1. The first kappa shape index (κ1) is 20.0. The van der Waals surface area contributed by atoms with Crippen LogP contribution in [-0.2, 0) is 14.6 Å². The van der Waals surface area contributed by atoms with Gasteiger partial charge in [-0.3, -0.25) is 4.79 Å². The molecule has 1 heterocycles. The van der Waals surface area contributed by atoms with Crippen LogP contribution in [0.5, 0.6) is 5.75 Å². The minimum Gasteiger partial charge on any atom is -0.492 e. The van der Waals surface area contributed by atoms with E-state index in [1.807, 2.05) is 36.1 Å². The maximum atomic E-state index is 13.1. The minimum absolute atomic E-state index is 0.0182. The van der Waals surface area contributed by atoms with Crippen LogP contribution in [0.3, 0.4) is 0 Å². The molecular weight excluding hydrogens is 364 g/mol. The number of para-hydroxylation sites is 2. The smallest absolute Gasteiger partial charge is 0.242 e. The molecule has 1 amide bonds. The molecule has 0 bridgehead atoms. The fourth-order valence-corrected chi connectivity index (χ4v) is 5.93. The van der Waals surface area contributed by atoms with Gasteiger partial charge in [-0.1, -0.05) is 31.4 Å². The Bertz CT molecular complexity index is 744. The number of sulfone groups is 1. The summed E-state index contributed by atoms with van der Waals surface area (Å²) in [5, 5.41) is 3.20. The molecule has 27 heavy (non-hydrogen) atoms. The second-order valence-electron chi connectivity index (χ2n) is 7.43. The van der Waals surface area contributed by atoms with E-state index >= 15 is 0 Å². The van der Waals surface area contributed by atoms with E-state index in [9.17, 15) is 13.2 Å². The van der Waals surface area contributed by atoms with Gasteiger partial charge in [-0.05, 0) is 38.3 Å². The number of nitrogens with zero attached hydrogens (tertiary/aromatic N) is 1. The minimum atomic E-state index is -3.03. The molecule has 3 rings (SSSR count). The molecule has 1 aromatic rings. The molecule has 2 aliphatic rings. The van der Waals surface area contributed by atoms with Crippen LogP contribution in [0.15, 0.2) is 24.3 Å². The maximum Gasteiger partial charge on any atom is 0.242 e. The summed E-state index contributed by atoms with van der Waals surface area (Å²) in [6.07, 6.45) is 5.90. The summed E-state index contributed by atoms with van der Waals surface area (Å²) in [4.78, 5) is 15.0. The quantitative estimate of drug-likeness (QED) is 0.770. The Labute approximate surface area is 162 Å². The monoisotopic (exact) mass is 394 g/mol. The normalized spacial score (nSPS) is 22.3. The van der Waals surface area contributed by atoms with Crippen molar-refractivity contribution in [3.8, 4) is 5.75 Å². The molecule has 0 spiro atoms. The van der Waals surface area contributed by atoms with Crippen LogP contribution in [0.25, 0.3) is 0 Å². The average molecular weight is 395 g/mol. The van der Waals surface area contributed by atoms with Crippen LogP contribution < -0.4 is 10.1 Å². The largest absolute Gasteiger partial charge is 0.492 e. The van der Waals surface area contributed by atoms with Crippen molar-refractivity contribution in [3.05, 3.63) is 24.3 Å². The number of amides is 1. The third kappa shape index (κ3) is 5.15. The number of hydrogen-bond acceptors (Lipinski definition) is 5. The molecular formula is C20H30N2O4S. The SMILES string of the molecule is CCOc1ccccc1NCC(=O)N(C1CCCCC1)C1CCS(=O)(=O)C1. The van der Waals surface area contributed by atoms with Crippen LogP contribution in [0.4, 0.5) is 5.69 Å². The highest BCUT2D eigenvalue weighted by Gasteiger charge is 2.38. The Balaban J connectivity index is 1.71. The lowest BCUT2D eigenvalue weighted by molar-refractivity contribution is -0.134. The molecule has 1 atom stereocenters. The van der Waals surface area contributed by atoms with E-state index in [0.717, 1.165) is 37.1 Å². The van der Waals surface area contributed by atoms with Gasteiger partial charge in [-0.2, -0.15) is 0 Å². The van der Waals surface area contributed by atoms with E-state index in [4.69, 9.17) is 4.74 Å². The van der Waals surface area contributed by atoms with Gasteiger partial charge in [0.1, 0.15) is 5.75 Å². The summed E-state index contributed by atoms with van der Waals surface area (Å²) in [5.41, 5.74) is 0.787. The van der Waals surface area contributed by atoms with Gasteiger partial charge in [-0.25, -0.2) is 8.42 Å². The van der Waals surface area contributed by atoms with Crippen molar-refractivity contribution in [2.45, 2.75) is 57.5 Å². The molecule has 1 saturated heterocycles. The summed E-state index contributed by atoms with van der Waals surface area (Å²) in [6, 6.07) is 7.54. The van der Waals surface area contributed by atoms with Gasteiger partial charge in [0.15, 0.2) is 9.84 Å². The Morgan fingerprint density at radius 3 is 2.56 bits per heavy atom. The first-order valence-corrected chi connectivity index (χ1v) is 11.8. The molecule has 0 radical (unpaired) electrons. The number of carbonyl (C=O) groups is 1. The summed E-state index contributed by atoms with van der Waals surface area (Å²) in [7, 11) is -3.03. The fraction of sp³-hybridized carbons (Fsp3) is 0.650. The Hall–Kier alpha value is -1.76. The van der Waals surface area contributed by atoms with Crippen molar-refractivity contribution in [3.63, 3.8) is 0 Å². The molecule has 7 heteroatoms. The van der Waals surface area contributed by atoms with Crippen LogP contribution in [0, 0.1) is 0 Å². The second kappa shape index (κ2) is 8.95. The zero-order chi connectivity index (χ0) is 19.3. The third-order valence-electron chi connectivity index (χ3n) is 5.47. The third-order valence-corrected chi connectivity index (χ3v) is 7.23. The van der Waals surface area contributed by atoms with E-state index in [2.05, 4.69) is 5.32 Å². The van der Waals surface area contributed by atoms with Crippen molar-refractivity contribution in [2.75, 3.05) is 30.0 Å². The second-order valence-corrected chi connectivity index (χ2v) is 9.66. The van der Waals surface area contributed by atoms with E-state index < -0.39 is 9.84 Å². The molecule has 1 N–H and O–H groups in total. The molecule has 6 nitrogen and oxygen atoms in total. The van der Waals surface area contributed by atoms with Crippen LogP contribution in [0.1, 0.15) is 45.4 Å². The van der Waals surface area contributed by atoms with Crippen LogP contribution in [0.2, 0.25) is 0 Å². The highest BCUT2D eigenvalue weighted by molar-refractivity contribution is 7.91. The molecule has 0 aromatic heterocycles. The van der Waals surface area contributed by atoms with Gasteiger partial charge in [0.05, 0.1) is 30.3 Å². The van der Waals surface area contributed by atoms with Gasteiger partial charge < -0.3 is 15.0 Å². The predicted octanol–water partition coefficient (Wildman–Crippen LogP) is 2.85. The Morgan fingerprint density at radius 1 is 1.15 bits per heavy atom. The highest BCUT2D eigenvalue weighted by atomic mass is 32.2. The number of carbonyl (C=O) groups excluding carboxylic acids is 1. The molecule has 2 fully saturated rings. The molecule has 1 aliphatic heterocycles. The molecule has 150 valence electrons. The first-order valence-electron chi connectivity index (χ1n) is 9.97. The number of ether oxygens (including phenoxy) is 1. The molecule has 1 unspecified atom stereocenters. The van der Waals surface area contributed by atoms with Gasteiger partial charge >= 0.3 is 0 Å². The Morgan fingerprint density at radius 2 is 1.89 bits per heavy atom. The van der Waals surface area contributed by atoms with E-state index in [0.29, 0.717) is 13.0 Å². The lowest BCUT2D eigenvalue weighted by atomic mass is 9.93. The first-order chi connectivity index (χ1) is 13.0. The Kier molecular flexibility index (Phi) is 6.63. The van der Waals surface area contributed by atoms with Gasteiger partial charge in [0.25, 0.3) is 0 Å². The predicted molar refractivity (Wildman–Crippen MR) is 107 cm³/mol. The van der Waals surface area contributed by atoms with Crippen LogP contribution >= 0.6 is 0 Å². The number of hydrogen-bond donors (Lipinski definition) is 1. The number of benzene rings is 1. The lowest BCUT2D eigenvalue weighted by Gasteiger charge is -2.38. The zero-order valence-electron chi connectivity index (χ0n) is 16.0. The molecule has 1 aromatic carbocycles. The van der Waals surface area contributed by atoms with E-state index in [1.165, 1.54) is 6.42 Å². The summed E-state index contributed by atoms with van der Waals surface area (Å²) in [5.74, 6) is 0.996. The fourth-order valence-electron chi connectivity index (χ4n) is 4.22. The van der Waals surface area contributed by atoms with Crippen molar-refractivity contribution in [1.82, 2.24) is 4.90 Å². The number of nitrogens with one attached hydrogen (secondary N) is 1. The number of rotatable bonds is 7. The van der Waals surface area contributed by atoms with Crippen molar-refractivity contribution in [1.29, 1.82) is 0 Å². The van der Waals surface area contributed by atoms with E-state index in [1.54, 1.807) is 0 Å². The van der Waals surface area contributed by atoms with Crippen molar-refractivity contribution in [2.24, 2.45) is 0 Å². The van der Waals surface area contributed by atoms with Gasteiger partial charge in [0, 0.05) is 12.1 Å². The summed E-state index contributed by atoms with van der Waals surface area (Å²) in [6.45, 7) is 2.63. The summed E-state index contributed by atoms with van der Waals surface area (Å²) >= 11 is 0. The zero-order valence-corrected chi connectivity index (χ0v) is 16.8. The van der Waals surface area contributed by atoms with Gasteiger partial charge in [-0.15, -0.1) is 0 Å². The standard InChI is InChI=1S/C20H30N2O4S/c1-2-26-19-11-7-6-10-18(19)21-14-20(23)22(16-8-4-3-5-9-16)17-12-13-27(24,25)15-17/h6-7,10-11,16-17,21H,2-5,8-9,12-15H2,1H3. The van der Waals surface area contributed by atoms with Crippen molar-refractivity contribution < 1.29 is 17.9 Å². The molecule has 1 saturated carbocycles. The summed E-state index contributed by atoms with van der Waals surface area (Å²) < 4.78 is 29.6.